The predicted molar refractivity (Wildman–Crippen MR) is 95.1 cm³/mol. The zero-order valence-electron chi connectivity index (χ0n) is 13.0. The molecule has 4 nitrogen and oxygen atoms in total. The lowest BCUT2D eigenvalue weighted by Crippen LogP contribution is -2.06. The minimum Gasteiger partial charge on any atom is -0.493 e. The van der Waals surface area contributed by atoms with E-state index in [4.69, 9.17) is 32.7 Å². The third-order valence-corrected chi connectivity index (χ3v) is 3.82. The Balaban J connectivity index is 2.02. The molecular weight excluding hydrogens is 335 g/mol. The normalized spacial score (nSPS) is 10.8. The van der Waals surface area contributed by atoms with Gasteiger partial charge >= 0.3 is 0 Å². The van der Waals surface area contributed by atoms with Crippen LogP contribution in [0.2, 0.25) is 10.0 Å². The largest absolute Gasteiger partial charge is 0.493 e. The molecule has 23 heavy (non-hydrogen) atoms. The summed E-state index contributed by atoms with van der Waals surface area (Å²) in [6.07, 6.45) is 1.70. The standard InChI is InChI=1S/C17H18Cl2N2O2/c1-3-23-17-9-12(7-8-16(17)22-2)10-20-21-11-13-14(18)5-4-6-15(13)19/h4-10,21H,3,11H2,1-2H3/b20-10-. The Kier molecular flexibility index (Phi) is 6.56. The molecule has 122 valence electrons. The summed E-state index contributed by atoms with van der Waals surface area (Å²) < 4.78 is 10.8. The number of nitrogens with one attached hydrogen (secondary N) is 1. The van der Waals surface area contributed by atoms with Crippen molar-refractivity contribution in [2.24, 2.45) is 5.10 Å². The van der Waals surface area contributed by atoms with Gasteiger partial charge in [-0.15, -0.1) is 0 Å². The number of nitrogens with zero attached hydrogens (tertiary/aromatic N) is 1. The lowest BCUT2D eigenvalue weighted by Gasteiger charge is -2.09. The van der Waals surface area contributed by atoms with Crippen molar-refractivity contribution in [2.75, 3.05) is 13.7 Å². The topological polar surface area (TPSA) is 42.8 Å². The maximum atomic E-state index is 6.11. The van der Waals surface area contributed by atoms with Crippen LogP contribution in [-0.2, 0) is 6.54 Å². The highest BCUT2D eigenvalue weighted by molar-refractivity contribution is 6.35. The summed E-state index contributed by atoms with van der Waals surface area (Å²) in [5.41, 5.74) is 4.65. The van der Waals surface area contributed by atoms with Crippen molar-refractivity contribution >= 4 is 29.4 Å². The second kappa shape index (κ2) is 8.65. The molecule has 0 radical (unpaired) electrons. The van der Waals surface area contributed by atoms with E-state index in [2.05, 4.69) is 10.5 Å². The summed E-state index contributed by atoms with van der Waals surface area (Å²) in [6, 6.07) is 11.0. The quantitative estimate of drug-likeness (QED) is 0.588. The molecule has 0 bridgehead atoms. The molecule has 2 aromatic rings. The summed E-state index contributed by atoms with van der Waals surface area (Å²) in [4.78, 5) is 0. The highest BCUT2D eigenvalue weighted by Gasteiger charge is 2.05. The zero-order valence-corrected chi connectivity index (χ0v) is 14.5. The second-order valence-electron chi connectivity index (χ2n) is 4.64. The van der Waals surface area contributed by atoms with Gasteiger partial charge in [0.2, 0.25) is 0 Å². The number of hydrazone groups is 1. The van der Waals surface area contributed by atoms with Crippen LogP contribution >= 0.6 is 23.2 Å². The molecule has 0 atom stereocenters. The fourth-order valence-corrected chi connectivity index (χ4v) is 2.52. The molecule has 0 aliphatic carbocycles. The smallest absolute Gasteiger partial charge is 0.161 e. The van der Waals surface area contributed by atoms with Crippen molar-refractivity contribution in [1.29, 1.82) is 0 Å². The molecule has 0 aliphatic rings. The zero-order chi connectivity index (χ0) is 16.7. The van der Waals surface area contributed by atoms with Crippen molar-refractivity contribution in [3.8, 4) is 11.5 Å². The molecule has 0 aliphatic heterocycles. The van der Waals surface area contributed by atoms with E-state index in [1.807, 2.05) is 31.2 Å². The van der Waals surface area contributed by atoms with Crippen LogP contribution in [0.4, 0.5) is 0 Å². The van der Waals surface area contributed by atoms with Gasteiger partial charge in [-0.05, 0) is 42.8 Å². The van der Waals surface area contributed by atoms with Crippen LogP contribution in [0.15, 0.2) is 41.5 Å². The van der Waals surface area contributed by atoms with Gasteiger partial charge in [-0.3, -0.25) is 0 Å². The van der Waals surface area contributed by atoms with Gasteiger partial charge in [0.15, 0.2) is 11.5 Å². The average molecular weight is 353 g/mol. The molecule has 0 saturated heterocycles. The minimum absolute atomic E-state index is 0.448. The van der Waals surface area contributed by atoms with Crippen molar-refractivity contribution < 1.29 is 9.47 Å². The SMILES string of the molecule is CCOc1cc(/C=N\NCc2c(Cl)cccc2Cl)ccc1OC. The van der Waals surface area contributed by atoms with E-state index in [9.17, 15) is 0 Å². The molecule has 0 saturated carbocycles. The summed E-state index contributed by atoms with van der Waals surface area (Å²) in [6.45, 7) is 2.94. The predicted octanol–water partition coefficient (Wildman–Crippen LogP) is 4.52. The van der Waals surface area contributed by atoms with E-state index in [0.717, 1.165) is 11.1 Å². The van der Waals surface area contributed by atoms with Crippen LogP contribution in [0.3, 0.4) is 0 Å². The molecule has 0 spiro atoms. The molecule has 0 heterocycles. The molecular formula is C17H18Cl2N2O2. The lowest BCUT2D eigenvalue weighted by atomic mass is 10.2. The fraction of sp³-hybridized carbons (Fsp3) is 0.235. The Labute approximate surface area is 146 Å². The first-order chi connectivity index (χ1) is 11.2. The van der Waals surface area contributed by atoms with E-state index in [1.165, 1.54) is 0 Å². The Morgan fingerprint density at radius 1 is 1.13 bits per heavy atom. The number of benzene rings is 2. The Bertz CT molecular complexity index is 670. The van der Waals surface area contributed by atoms with Crippen molar-refractivity contribution in [3.05, 3.63) is 57.6 Å². The fourth-order valence-electron chi connectivity index (χ4n) is 1.99. The van der Waals surface area contributed by atoms with Gasteiger partial charge in [0.1, 0.15) is 0 Å². The monoisotopic (exact) mass is 352 g/mol. The lowest BCUT2D eigenvalue weighted by molar-refractivity contribution is 0.311. The second-order valence-corrected chi connectivity index (χ2v) is 5.45. The number of halogens is 2. The van der Waals surface area contributed by atoms with Gasteiger partial charge in [0.05, 0.1) is 26.5 Å². The van der Waals surface area contributed by atoms with Crippen LogP contribution in [0, 0.1) is 0 Å². The number of hydrogen-bond acceptors (Lipinski definition) is 4. The van der Waals surface area contributed by atoms with Gasteiger partial charge in [0, 0.05) is 15.6 Å². The molecule has 0 unspecified atom stereocenters. The van der Waals surface area contributed by atoms with Crippen molar-refractivity contribution in [3.63, 3.8) is 0 Å². The van der Waals surface area contributed by atoms with Crippen LogP contribution in [0.25, 0.3) is 0 Å². The number of methoxy groups -OCH3 is 1. The molecule has 2 aromatic carbocycles. The number of hydrogen-bond donors (Lipinski definition) is 1. The van der Waals surface area contributed by atoms with E-state index >= 15 is 0 Å². The summed E-state index contributed by atoms with van der Waals surface area (Å²) >= 11 is 12.2. The van der Waals surface area contributed by atoms with E-state index in [0.29, 0.717) is 34.7 Å². The third kappa shape index (κ3) is 4.78. The van der Waals surface area contributed by atoms with Crippen LogP contribution in [0.1, 0.15) is 18.1 Å². The van der Waals surface area contributed by atoms with Crippen LogP contribution in [0.5, 0.6) is 11.5 Å². The third-order valence-electron chi connectivity index (χ3n) is 3.11. The highest BCUT2D eigenvalue weighted by Crippen LogP contribution is 2.27. The Morgan fingerprint density at radius 2 is 1.87 bits per heavy atom. The van der Waals surface area contributed by atoms with E-state index in [-0.39, 0.29) is 0 Å². The summed E-state index contributed by atoms with van der Waals surface area (Å²) in [5, 5.41) is 5.42. The molecule has 0 amide bonds. The average Bonchev–Trinajstić information content (AvgIpc) is 2.54. The molecule has 0 fully saturated rings. The van der Waals surface area contributed by atoms with Gasteiger partial charge in [-0.1, -0.05) is 29.3 Å². The van der Waals surface area contributed by atoms with E-state index in [1.54, 1.807) is 25.5 Å². The van der Waals surface area contributed by atoms with Crippen molar-refractivity contribution in [2.45, 2.75) is 13.5 Å². The number of ether oxygens (including phenoxy) is 2. The van der Waals surface area contributed by atoms with Crippen LogP contribution in [-0.4, -0.2) is 19.9 Å². The molecule has 0 aromatic heterocycles. The molecule has 2 rings (SSSR count). The summed E-state index contributed by atoms with van der Waals surface area (Å²) in [5.74, 6) is 1.38. The molecule has 6 heteroatoms. The van der Waals surface area contributed by atoms with Gasteiger partial charge in [0.25, 0.3) is 0 Å². The van der Waals surface area contributed by atoms with Gasteiger partial charge < -0.3 is 14.9 Å². The van der Waals surface area contributed by atoms with E-state index < -0.39 is 0 Å². The van der Waals surface area contributed by atoms with Gasteiger partial charge in [-0.25, -0.2) is 0 Å². The first kappa shape index (κ1) is 17.4. The molecule has 1 N–H and O–H groups in total. The highest BCUT2D eigenvalue weighted by atomic mass is 35.5. The first-order valence-corrected chi connectivity index (χ1v) is 7.91. The minimum atomic E-state index is 0.448. The Morgan fingerprint density at radius 3 is 2.52 bits per heavy atom. The summed E-state index contributed by atoms with van der Waals surface area (Å²) in [7, 11) is 1.61. The maximum Gasteiger partial charge on any atom is 0.161 e. The van der Waals surface area contributed by atoms with Gasteiger partial charge in [-0.2, -0.15) is 5.10 Å². The van der Waals surface area contributed by atoms with Crippen LogP contribution < -0.4 is 14.9 Å². The number of rotatable bonds is 7. The Hall–Kier alpha value is -1.91. The van der Waals surface area contributed by atoms with Crippen molar-refractivity contribution in [1.82, 2.24) is 5.43 Å². The first-order valence-electron chi connectivity index (χ1n) is 7.15. The maximum absolute atomic E-state index is 6.11.